The van der Waals surface area contributed by atoms with Crippen molar-refractivity contribution in [2.45, 2.75) is 0 Å². The number of aromatic nitrogens is 5. The predicted octanol–water partition coefficient (Wildman–Crippen LogP) is 0.0722. The van der Waals surface area contributed by atoms with Crippen LogP contribution in [-0.4, -0.2) is 24.1 Å². The van der Waals surface area contributed by atoms with Crippen LogP contribution in [0.3, 0.4) is 0 Å². The minimum Gasteiger partial charge on any atom is -0.393 e. The van der Waals surface area contributed by atoms with Crippen LogP contribution in [-0.2, 0) is 7.05 Å². The Hall–Kier alpha value is -2.70. The fraction of sp³-hybridized carbons (Fsp3) is 0.0909. The molecule has 0 aromatic carbocycles. The fourth-order valence-electron chi connectivity index (χ4n) is 1.76. The monoisotopic (exact) mass is 242 g/mol. The van der Waals surface area contributed by atoms with Crippen molar-refractivity contribution in [3.8, 4) is 11.4 Å². The van der Waals surface area contributed by atoms with Gasteiger partial charge in [0.05, 0.1) is 6.20 Å². The molecule has 0 aliphatic rings. The van der Waals surface area contributed by atoms with Gasteiger partial charge >= 0.3 is 0 Å². The Morgan fingerprint density at radius 1 is 1.33 bits per heavy atom. The van der Waals surface area contributed by atoms with Gasteiger partial charge in [-0.05, 0) is 12.1 Å². The number of nitrogens with zero attached hydrogens (tertiary/aromatic N) is 5. The van der Waals surface area contributed by atoms with Crippen molar-refractivity contribution >= 4 is 11.5 Å². The first-order valence-electron chi connectivity index (χ1n) is 5.29. The van der Waals surface area contributed by atoms with Gasteiger partial charge in [0, 0.05) is 25.0 Å². The van der Waals surface area contributed by atoms with E-state index in [2.05, 4.69) is 15.0 Å². The van der Waals surface area contributed by atoms with Crippen LogP contribution in [0, 0.1) is 0 Å². The van der Waals surface area contributed by atoms with Crippen LogP contribution in [0.15, 0.2) is 35.5 Å². The first-order valence-corrected chi connectivity index (χ1v) is 5.29. The molecule has 7 nitrogen and oxygen atoms in total. The largest absolute Gasteiger partial charge is 0.393 e. The Bertz CT molecular complexity index is 773. The minimum atomic E-state index is -0.467. The van der Waals surface area contributed by atoms with Crippen molar-refractivity contribution in [2.24, 2.45) is 7.05 Å². The fourth-order valence-corrected chi connectivity index (χ4v) is 1.76. The Morgan fingerprint density at radius 3 is 2.89 bits per heavy atom. The number of pyridine rings is 1. The molecule has 3 rings (SSSR count). The van der Waals surface area contributed by atoms with Crippen LogP contribution >= 0.6 is 0 Å². The Kier molecular flexibility index (Phi) is 2.12. The van der Waals surface area contributed by atoms with Crippen molar-refractivity contribution in [3.05, 3.63) is 41.1 Å². The van der Waals surface area contributed by atoms with Gasteiger partial charge in [-0.15, -0.1) is 0 Å². The van der Waals surface area contributed by atoms with E-state index in [0.29, 0.717) is 11.6 Å². The van der Waals surface area contributed by atoms with Crippen LogP contribution in [0.4, 0.5) is 5.69 Å². The van der Waals surface area contributed by atoms with Crippen LogP contribution in [0.25, 0.3) is 17.2 Å². The normalized spacial score (nSPS) is 10.9. The Labute approximate surface area is 102 Å². The number of anilines is 1. The van der Waals surface area contributed by atoms with E-state index in [4.69, 9.17) is 5.73 Å². The zero-order valence-corrected chi connectivity index (χ0v) is 9.61. The lowest BCUT2D eigenvalue weighted by Crippen LogP contribution is -2.15. The quantitative estimate of drug-likeness (QED) is 0.652. The van der Waals surface area contributed by atoms with E-state index < -0.39 is 5.56 Å². The molecule has 0 amide bonds. The number of nitrogens with two attached hydrogens (primary N) is 1. The molecule has 0 aliphatic carbocycles. The zero-order chi connectivity index (χ0) is 12.7. The third-order valence-electron chi connectivity index (χ3n) is 2.67. The molecule has 0 saturated carbocycles. The van der Waals surface area contributed by atoms with Crippen molar-refractivity contribution in [2.75, 3.05) is 5.73 Å². The second-order valence-electron chi connectivity index (χ2n) is 3.85. The molecular formula is C11H10N6O. The molecule has 0 spiro atoms. The van der Waals surface area contributed by atoms with Gasteiger partial charge in [-0.2, -0.15) is 9.97 Å². The van der Waals surface area contributed by atoms with Crippen LogP contribution < -0.4 is 11.3 Å². The van der Waals surface area contributed by atoms with E-state index in [-0.39, 0.29) is 5.69 Å². The van der Waals surface area contributed by atoms with E-state index in [1.807, 2.05) is 19.2 Å². The maximum absolute atomic E-state index is 11.4. The average molecular weight is 242 g/mol. The van der Waals surface area contributed by atoms with Crippen molar-refractivity contribution in [1.82, 2.24) is 24.1 Å². The van der Waals surface area contributed by atoms with Gasteiger partial charge in [0.15, 0.2) is 5.82 Å². The molecule has 3 heterocycles. The molecule has 0 saturated heterocycles. The molecule has 90 valence electrons. The molecule has 0 radical (unpaired) electrons. The number of nitrogen functional groups attached to an aromatic ring is 1. The van der Waals surface area contributed by atoms with Crippen LogP contribution in [0.2, 0.25) is 0 Å². The number of hydrogen-bond donors (Lipinski definition) is 1. The van der Waals surface area contributed by atoms with Crippen LogP contribution in [0.5, 0.6) is 0 Å². The number of fused-ring (bicyclic) bond motifs is 1. The smallest absolute Gasteiger partial charge is 0.297 e. The van der Waals surface area contributed by atoms with Gasteiger partial charge in [-0.25, -0.2) is 4.52 Å². The summed E-state index contributed by atoms with van der Waals surface area (Å²) in [6.07, 6.45) is 4.89. The zero-order valence-electron chi connectivity index (χ0n) is 9.61. The summed E-state index contributed by atoms with van der Waals surface area (Å²) in [6.45, 7) is 0. The Balaban J connectivity index is 2.33. The molecule has 2 N–H and O–H groups in total. The molecule has 3 aromatic rings. The summed E-state index contributed by atoms with van der Waals surface area (Å²) in [7, 11) is 1.81. The van der Waals surface area contributed by atoms with Crippen molar-refractivity contribution in [3.63, 3.8) is 0 Å². The van der Waals surface area contributed by atoms with E-state index in [1.165, 1.54) is 6.20 Å². The molecule has 0 bridgehead atoms. The van der Waals surface area contributed by atoms with Crippen molar-refractivity contribution < 1.29 is 0 Å². The predicted molar refractivity (Wildman–Crippen MR) is 65.9 cm³/mol. The van der Waals surface area contributed by atoms with E-state index >= 15 is 0 Å². The highest BCUT2D eigenvalue weighted by Crippen LogP contribution is 2.16. The molecule has 7 heteroatoms. The van der Waals surface area contributed by atoms with Crippen LogP contribution in [0.1, 0.15) is 0 Å². The summed E-state index contributed by atoms with van der Waals surface area (Å²) < 4.78 is 3.38. The summed E-state index contributed by atoms with van der Waals surface area (Å²) in [5.41, 5.74) is 6.02. The van der Waals surface area contributed by atoms with E-state index in [9.17, 15) is 4.79 Å². The van der Waals surface area contributed by atoms with E-state index in [1.54, 1.807) is 21.6 Å². The molecule has 3 aromatic heterocycles. The van der Waals surface area contributed by atoms with Gasteiger partial charge < -0.3 is 5.73 Å². The topological polar surface area (TPSA) is 91.1 Å². The lowest BCUT2D eigenvalue weighted by atomic mass is 10.3. The van der Waals surface area contributed by atoms with E-state index in [0.717, 1.165) is 5.56 Å². The molecular weight excluding hydrogens is 232 g/mol. The van der Waals surface area contributed by atoms with Crippen molar-refractivity contribution in [1.29, 1.82) is 0 Å². The summed E-state index contributed by atoms with van der Waals surface area (Å²) in [5.74, 6) is 0.983. The SMILES string of the molecule is Cn1c(-c2cccnc2)nc2nc(=O)c(N)cn21. The maximum Gasteiger partial charge on any atom is 0.297 e. The minimum absolute atomic E-state index is 0.0910. The van der Waals surface area contributed by atoms with Gasteiger partial charge in [0.1, 0.15) is 5.69 Å². The lowest BCUT2D eigenvalue weighted by molar-refractivity contribution is 0.704. The Morgan fingerprint density at radius 2 is 2.17 bits per heavy atom. The van der Waals surface area contributed by atoms with Gasteiger partial charge in [0.2, 0.25) is 0 Å². The molecule has 0 atom stereocenters. The maximum atomic E-state index is 11.4. The first-order chi connectivity index (χ1) is 8.66. The highest BCUT2D eigenvalue weighted by Gasteiger charge is 2.11. The second-order valence-corrected chi connectivity index (χ2v) is 3.85. The standard InChI is InChI=1S/C11H10N6O/c1-16-9(7-3-2-4-13-5-7)14-11-15-10(18)8(12)6-17(11)16/h2-6H,12H2,1H3. The highest BCUT2D eigenvalue weighted by molar-refractivity contribution is 5.56. The third kappa shape index (κ3) is 1.45. The third-order valence-corrected chi connectivity index (χ3v) is 2.67. The summed E-state index contributed by atoms with van der Waals surface area (Å²) in [6, 6.07) is 3.70. The first kappa shape index (κ1) is 10.5. The molecule has 0 fully saturated rings. The molecule has 0 unspecified atom stereocenters. The van der Waals surface area contributed by atoms with Gasteiger partial charge in [0.25, 0.3) is 11.3 Å². The average Bonchev–Trinajstić information content (AvgIpc) is 2.69. The molecule has 0 aliphatic heterocycles. The lowest BCUT2D eigenvalue weighted by Gasteiger charge is -2.02. The summed E-state index contributed by atoms with van der Waals surface area (Å²) >= 11 is 0. The summed E-state index contributed by atoms with van der Waals surface area (Å²) in [5, 5.41) is 0. The highest BCUT2D eigenvalue weighted by atomic mass is 16.1. The number of rotatable bonds is 1. The summed E-state index contributed by atoms with van der Waals surface area (Å²) in [4.78, 5) is 23.5. The second kappa shape index (κ2) is 3.66. The number of aryl methyl sites for hydroxylation is 1. The van der Waals surface area contributed by atoms with Gasteiger partial charge in [-0.1, -0.05) is 0 Å². The number of hydrogen-bond acceptors (Lipinski definition) is 5. The molecule has 18 heavy (non-hydrogen) atoms. The van der Waals surface area contributed by atoms with Gasteiger partial charge in [-0.3, -0.25) is 14.5 Å².